The summed E-state index contributed by atoms with van der Waals surface area (Å²) in [5.74, 6) is 0. The smallest absolute Gasteiger partial charge is 0.280 e. The van der Waals surface area contributed by atoms with Crippen molar-refractivity contribution in [2.45, 2.75) is 19.4 Å². The molecule has 6 heteroatoms. The number of alkyl halides is 2. The van der Waals surface area contributed by atoms with Crippen molar-refractivity contribution in [1.82, 2.24) is 4.98 Å². The molecule has 2 N–H and O–H groups in total. The first-order valence-corrected chi connectivity index (χ1v) is 5.21. The van der Waals surface area contributed by atoms with Crippen molar-refractivity contribution in [2.24, 2.45) is 5.73 Å². The summed E-state index contributed by atoms with van der Waals surface area (Å²) < 4.78 is 25.8. The van der Waals surface area contributed by atoms with Crippen LogP contribution in [-0.2, 0) is 13.0 Å². The zero-order valence-corrected chi connectivity index (χ0v) is 9.83. The number of nitrogens with two attached hydrogens (primary N) is 1. The lowest BCUT2D eigenvalue weighted by atomic mass is 10.1. The Labute approximate surface area is 99.4 Å². The number of hydrogen-bond acceptors (Lipinski definition) is 3. The van der Waals surface area contributed by atoms with E-state index in [1.165, 1.54) is 0 Å². The van der Waals surface area contributed by atoms with E-state index in [0.29, 0.717) is 14.8 Å². The van der Waals surface area contributed by atoms with Crippen LogP contribution in [0.1, 0.15) is 23.4 Å². The molecule has 0 amide bonds. The third-order valence-electron chi connectivity index (χ3n) is 1.83. The van der Waals surface area contributed by atoms with Gasteiger partial charge in [-0.3, -0.25) is 0 Å². The van der Waals surface area contributed by atoms with Gasteiger partial charge in [0, 0.05) is 10.1 Å². The van der Waals surface area contributed by atoms with Crippen molar-refractivity contribution < 1.29 is 8.78 Å². The van der Waals surface area contributed by atoms with Crippen LogP contribution in [0.25, 0.3) is 0 Å². The summed E-state index contributed by atoms with van der Waals surface area (Å²) in [6.45, 7) is 0.0233. The van der Waals surface area contributed by atoms with Crippen LogP contribution < -0.4 is 5.73 Å². The van der Waals surface area contributed by atoms with Gasteiger partial charge in [0.15, 0.2) is 0 Å². The van der Waals surface area contributed by atoms with Gasteiger partial charge in [0.25, 0.3) is 6.43 Å². The lowest BCUT2D eigenvalue weighted by molar-refractivity contribution is 0.144. The summed E-state index contributed by atoms with van der Waals surface area (Å²) in [6.07, 6.45) is -2.62. The maximum atomic E-state index is 12.6. The highest BCUT2D eigenvalue weighted by Gasteiger charge is 2.16. The number of pyridine rings is 1. The van der Waals surface area contributed by atoms with Gasteiger partial charge in [-0.1, -0.05) is 0 Å². The molecule has 0 radical (unpaired) electrons. The molecule has 80 valence electrons. The predicted octanol–water partition coefficient (Wildman–Crippen LogP) is 2.15. The number of halogens is 3. The fraction of sp³-hybridized carbons (Fsp3) is 0.333. The van der Waals surface area contributed by atoms with Crippen molar-refractivity contribution in [3.8, 4) is 6.07 Å². The lowest BCUT2D eigenvalue weighted by Gasteiger charge is -2.09. The van der Waals surface area contributed by atoms with E-state index in [-0.39, 0.29) is 18.7 Å². The molecule has 1 heterocycles. The van der Waals surface area contributed by atoms with Crippen molar-refractivity contribution in [3.63, 3.8) is 0 Å². The SMILES string of the molecule is N#CCc1nc(C(F)F)c(CN)cc1I. The van der Waals surface area contributed by atoms with Gasteiger partial charge in [0.1, 0.15) is 5.69 Å². The van der Waals surface area contributed by atoms with Gasteiger partial charge in [-0.15, -0.1) is 0 Å². The molecule has 0 saturated heterocycles. The molecule has 0 unspecified atom stereocenters. The Morgan fingerprint density at radius 3 is 2.73 bits per heavy atom. The van der Waals surface area contributed by atoms with E-state index in [1.807, 2.05) is 28.7 Å². The molecule has 1 aromatic heterocycles. The molecule has 0 spiro atoms. The molecule has 0 aliphatic rings. The van der Waals surface area contributed by atoms with Gasteiger partial charge >= 0.3 is 0 Å². The molecule has 0 aliphatic carbocycles. The lowest BCUT2D eigenvalue weighted by Crippen LogP contribution is -2.08. The zero-order chi connectivity index (χ0) is 11.4. The van der Waals surface area contributed by atoms with Gasteiger partial charge in [-0.2, -0.15) is 5.26 Å². The molecule has 0 aromatic carbocycles. The van der Waals surface area contributed by atoms with Crippen molar-refractivity contribution in [2.75, 3.05) is 0 Å². The number of nitrogens with zero attached hydrogens (tertiary/aromatic N) is 2. The summed E-state index contributed by atoms with van der Waals surface area (Å²) in [5, 5.41) is 8.49. The third-order valence-corrected chi connectivity index (χ3v) is 2.77. The quantitative estimate of drug-likeness (QED) is 0.867. The van der Waals surface area contributed by atoms with Gasteiger partial charge in [-0.05, 0) is 34.2 Å². The van der Waals surface area contributed by atoms with Crippen molar-refractivity contribution in [3.05, 3.63) is 26.6 Å². The monoisotopic (exact) mass is 323 g/mol. The first-order chi connectivity index (χ1) is 7.10. The minimum atomic E-state index is -2.65. The second-order valence-electron chi connectivity index (χ2n) is 2.80. The average molecular weight is 323 g/mol. The summed E-state index contributed by atoms with van der Waals surface area (Å²) in [5.41, 5.74) is 5.73. The number of aromatic nitrogens is 1. The molecule has 3 nitrogen and oxygen atoms in total. The molecule has 0 aliphatic heterocycles. The van der Waals surface area contributed by atoms with Gasteiger partial charge < -0.3 is 5.73 Å². The summed E-state index contributed by atoms with van der Waals surface area (Å²) >= 11 is 1.96. The second kappa shape index (κ2) is 5.32. The average Bonchev–Trinajstić information content (AvgIpc) is 2.20. The summed E-state index contributed by atoms with van der Waals surface area (Å²) in [4.78, 5) is 3.77. The first kappa shape index (κ1) is 12.3. The minimum absolute atomic E-state index is 0.0233. The highest BCUT2D eigenvalue weighted by atomic mass is 127. The Hall–Kier alpha value is -0.810. The van der Waals surface area contributed by atoms with Gasteiger partial charge in [0.05, 0.1) is 18.2 Å². The topological polar surface area (TPSA) is 62.7 Å². The standard InChI is InChI=1S/C9H8F2IN3/c10-9(11)8-5(4-14)3-6(12)7(15-8)1-2-13/h3,9H,1,4,14H2. The van der Waals surface area contributed by atoms with Crippen LogP contribution in [0.15, 0.2) is 6.07 Å². The van der Waals surface area contributed by atoms with Gasteiger partial charge in [-0.25, -0.2) is 13.8 Å². The maximum Gasteiger partial charge on any atom is 0.280 e. The molecular formula is C9H8F2IN3. The van der Waals surface area contributed by atoms with E-state index in [2.05, 4.69) is 4.98 Å². The van der Waals surface area contributed by atoms with Crippen molar-refractivity contribution >= 4 is 22.6 Å². The van der Waals surface area contributed by atoms with E-state index >= 15 is 0 Å². The molecule has 15 heavy (non-hydrogen) atoms. The van der Waals surface area contributed by atoms with Gasteiger partial charge in [0.2, 0.25) is 0 Å². The summed E-state index contributed by atoms with van der Waals surface area (Å²) in [7, 11) is 0. The maximum absolute atomic E-state index is 12.6. The number of hydrogen-bond donors (Lipinski definition) is 1. The highest BCUT2D eigenvalue weighted by Crippen LogP contribution is 2.24. The third kappa shape index (κ3) is 2.82. The van der Waals surface area contributed by atoms with E-state index in [0.717, 1.165) is 0 Å². The van der Waals surface area contributed by atoms with Crippen LogP contribution >= 0.6 is 22.6 Å². The van der Waals surface area contributed by atoms with Crippen LogP contribution in [0.5, 0.6) is 0 Å². The molecule has 0 atom stereocenters. The Bertz CT molecular complexity index is 401. The van der Waals surface area contributed by atoms with E-state index in [1.54, 1.807) is 6.07 Å². The Balaban J connectivity index is 3.25. The largest absolute Gasteiger partial charge is 0.326 e. The molecule has 0 saturated carbocycles. The van der Waals surface area contributed by atoms with Crippen LogP contribution in [0, 0.1) is 14.9 Å². The number of rotatable bonds is 3. The normalized spacial score (nSPS) is 10.4. The number of nitriles is 1. The Morgan fingerprint density at radius 1 is 1.60 bits per heavy atom. The zero-order valence-electron chi connectivity index (χ0n) is 7.67. The fourth-order valence-corrected chi connectivity index (χ4v) is 1.82. The molecule has 0 fully saturated rings. The fourth-order valence-electron chi connectivity index (χ4n) is 1.13. The highest BCUT2D eigenvalue weighted by molar-refractivity contribution is 14.1. The summed E-state index contributed by atoms with van der Waals surface area (Å²) in [6, 6.07) is 3.44. The first-order valence-electron chi connectivity index (χ1n) is 4.13. The van der Waals surface area contributed by atoms with Crippen LogP contribution in [0.3, 0.4) is 0 Å². The Morgan fingerprint density at radius 2 is 2.27 bits per heavy atom. The molecular weight excluding hydrogens is 315 g/mol. The second-order valence-corrected chi connectivity index (χ2v) is 3.96. The van der Waals surface area contributed by atoms with Crippen LogP contribution in [0.2, 0.25) is 0 Å². The minimum Gasteiger partial charge on any atom is -0.326 e. The predicted molar refractivity (Wildman–Crippen MR) is 59.1 cm³/mol. The Kier molecular flexibility index (Phi) is 4.35. The van der Waals surface area contributed by atoms with Crippen LogP contribution in [-0.4, -0.2) is 4.98 Å². The van der Waals surface area contributed by atoms with Crippen LogP contribution in [0.4, 0.5) is 8.78 Å². The molecule has 1 aromatic rings. The van der Waals surface area contributed by atoms with E-state index in [4.69, 9.17) is 11.0 Å². The molecule has 1 rings (SSSR count). The van der Waals surface area contributed by atoms with E-state index in [9.17, 15) is 8.78 Å². The molecule has 0 bridgehead atoms. The van der Waals surface area contributed by atoms with E-state index < -0.39 is 6.43 Å². The van der Waals surface area contributed by atoms with Crippen molar-refractivity contribution in [1.29, 1.82) is 5.26 Å².